The molecular weight excluding hydrogens is 412 g/mol. The van der Waals surface area contributed by atoms with Gasteiger partial charge in [0.05, 0.1) is 29.1 Å². The molecule has 0 bridgehead atoms. The molecular formula is C23H26N4O3S. The fraction of sp³-hybridized carbons (Fsp3) is 0.435. The number of fused-ring (bicyclic) bond motifs is 1. The van der Waals surface area contributed by atoms with Crippen molar-refractivity contribution in [2.45, 2.75) is 25.3 Å². The van der Waals surface area contributed by atoms with E-state index in [0.717, 1.165) is 29.9 Å². The van der Waals surface area contributed by atoms with E-state index in [1.165, 1.54) is 17.4 Å². The smallest absolute Gasteiger partial charge is 0.289 e. The summed E-state index contributed by atoms with van der Waals surface area (Å²) < 4.78 is 6.42. The Hall–Kier alpha value is -2.71. The van der Waals surface area contributed by atoms with Crippen LogP contribution in [-0.2, 0) is 4.79 Å². The van der Waals surface area contributed by atoms with Gasteiger partial charge in [-0.3, -0.25) is 14.5 Å². The first-order chi connectivity index (χ1) is 15.2. The number of rotatable bonds is 4. The third-order valence-electron chi connectivity index (χ3n) is 6.20. The SMILES string of the molecule is O=C(CN1CCCCC1c1nc2ccccc2s1)N1CCN(C(=O)c2ccco2)CC1. The molecule has 2 aliphatic heterocycles. The normalized spacial score (nSPS) is 20.3. The predicted molar refractivity (Wildman–Crippen MR) is 119 cm³/mol. The summed E-state index contributed by atoms with van der Waals surface area (Å²) in [5.74, 6) is 0.383. The Bertz CT molecular complexity index is 1020. The predicted octanol–water partition coefficient (Wildman–Crippen LogP) is 3.40. The van der Waals surface area contributed by atoms with Crippen LogP contribution in [-0.4, -0.2) is 70.8 Å². The molecule has 5 rings (SSSR count). The molecule has 0 aliphatic carbocycles. The van der Waals surface area contributed by atoms with E-state index in [0.29, 0.717) is 38.5 Å². The van der Waals surface area contributed by atoms with Crippen LogP contribution in [0.2, 0.25) is 0 Å². The lowest BCUT2D eigenvalue weighted by Crippen LogP contribution is -2.53. The van der Waals surface area contributed by atoms with Crippen LogP contribution in [0.15, 0.2) is 47.1 Å². The Morgan fingerprint density at radius 2 is 1.81 bits per heavy atom. The molecule has 8 heteroatoms. The Morgan fingerprint density at radius 3 is 2.58 bits per heavy atom. The number of piperidine rings is 1. The van der Waals surface area contributed by atoms with E-state index in [2.05, 4.69) is 17.0 Å². The lowest BCUT2D eigenvalue weighted by Gasteiger charge is -2.38. The van der Waals surface area contributed by atoms with Crippen molar-refractivity contribution in [3.63, 3.8) is 0 Å². The lowest BCUT2D eigenvalue weighted by molar-refractivity contribution is -0.134. The maximum absolute atomic E-state index is 13.1. The summed E-state index contributed by atoms with van der Waals surface area (Å²) in [7, 11) is 0. The molecule has 2 aliphatic rings. The van der Waals surface area contributed by atoms with Crippen LogP contribution in [0.4, 0.5) is 0 Å². The van der Waals surface area contributed by atoms with E-state index >= 15 is 0 Å². The van der Waals surface area contributed by atoms with Crippen molar-refractivity contribution in [3.8, 4) is 0 Å². The lowest BCUT2D eigenvalue weighted by atomic mass is 10.0. The average molecular weight is 439 g/mol. The number of thiazole rings is 1. The second-order valence-corrected chi connectivity index (χ2v) is 9.21. The summed E-state index contributed by atoms with van der Waals surface area (Å²) in [6.07, 6.45) is 4.82. The summed E-state index contributed by atoms with van der Waals surface area (Å²) >= 11 is 1.74. The minimum atomic E-state index is -0.107. The molecule has 0 saturated carbocycles. The van der Waals surface area contributed by atoms with Gasteiger partial charge in [0.1, 0.15) is 5.01 Å². The molecule has 0 radical (unpaired) electrons. The number of para-hydroxylation sites is 1. The number of furan rings is 1. The zero-order valence-corrected chi connectivity index (χ0v) is 18.2. The molecule has 31 heavy (non-hydrogen) atoms. The zero-order valence-electron chi connectivity index (χ0n) is 17.4. The largest absolute Gasteiger partial charge is 0.459 e. The van der Waals surface area contributed by atoms with Gasteiger partial charge in [0.15, 0.2) is 5.76 Å². The highest BCUT2D eigenvalue weighted by Gasteiger charge is 2.31. The molecule has 2 fully saturated rings. The van der Waals surface area contributed by atoms with Crippen molar-refractivity contribution in [3.05, 3.63) is 53.4 Å². The van der Waals surface area contributed by atoms with Crippen molar-refractivity contribution >= 4 is 33.4 Å². The molecule has 2 aromatic heterocycles. The van der Waals surface area contributed by atoms with Gasteiger partial charge >= 0.3 is 0 Å². The van der Waals surface area contributed by atoms with E-state index < -0.39 is 0 Å². The minimum Gasteiger partial charge on any atom is -0.459 e. The van der Waals surface area contributed by atoms with Crippen molar-refractivity contribution in [1.82, 2.24) is 19.7 Å². The molecule has 3 aromatic rings. The Morgan fingerprint density at radius 1 is 1.00 bits per heavy atom. The number of likely N-dealkylation sites (tertiary alicyclic amines) is 1. The van der Waals surface area contributed by atoms with Crippen LogP contribution in [0, 0.1) is 0 Å². The highest BCUT2D eigenvalue weighted by molar-refractivity contribution is 7.18. The first kappa shape index (κ1) is 20.2. The Balaban J connectivity index is 1.21. The number of hydrogen-bond acceptors (Lipinski definition) is 6. The van der Waals surface area contributed by atoms with Gasteiger partial charge in [0, 0.05) is 26.2 Å². The maximum atomic E-state index is 13.1. The van der Waals surface area contributed by atoms with Gasteiger partial charge in [0.2, 0.25) is 5.91 Å². The molecule has 2 amide bonds. The minimum absolute atomic E-state index is 0.107. The Labute approximate surface area is 185 Å². The van der Waals surface area contributed by atoms with Crippen LogP contribution < -0.4 is 0 Å². The van der Waals surface area contributed by atoms with Gasteiger partial charge in [-0.05, 0) is 43.7 Å². The number of carbonyl (C=O) groups excluding carboxylic acids is 2. The number of hydrogen-bond donors (Lipinski definition) is 0. The van der Waals surface area contributed by atoms with E-state index in [4.69, 9.17) is 9.40 Å². The summed E-state index contributed by atoms with van der Waals surface area (Å²) in [4.78, 5) is 36.3. The monoisotopic (exact) mass is 438 g/mol. The molecule has 0 spiro atoms. The fourth-order valence-electron chi connectivity index (χ4n) is 4.48. The number of nitrogens with zero attached hydrogens (tertiary/aromatic N) is 4. The molecule has 1 atom stereocenters. The van der Waals surface area contributed by atoms with Crippen LogP contribution in [0.1, 0.15) is 40.9 Å². The standard InChI is InChI=1S/C23H26N4O3S/c28-21(25-11-13-26(14-12-25)23(29)19-8-5-15-30-19)16-27-10-4-3-7-18(27)22-24-17-6-1-2-9-20(17)31-22/h1-2,5-6,8-9,15,18H,3-4,7,10-14,16H2. The second-order valence-electron chi connectivity index (χ2n) is 8.15. The topological polar surface area (TPSA) is 69.9 Å². The van der Waals surface area contributed by atoms with Gasteiger partial charge in [-0.25, -0.2) is 4.98 Å². The zero-order chi connectivity index (χ0) is 21.2. The fourth-order valence-corrected chi connectivity index (χ4v) is 5.62. The van der Waals surface area contributed by atoms with Crippen LogP contribution in [0.5, 0.6) is 0 Å². The summed E-state index contributed by atoms with van der Waals surface area (Å²) in [6, 6.07) is 11.8. The van der Waals surface area contributed by atoms with Crippen molar-refractivity contribution < 1.29 is 14.0 Å². The molecule has 1 unspecified atom stereocenters. The van der Waals surface area contributed by atoms with Crippen LogP contribution in [0.25, 0.3) is 10.2 Å². The summed E-state index contributed by atoms with van der Waals surface area (Å²) in [5, 5.41) is 1.11. The van der Waals surface area contributed by atoms with Crippen molar-refractivity contribution in [2.75, 3.05) is 39.3 Å². The third kappa shape index (κ3) is 4.22. The van der Waals surface area contributed by atoms with E-state index in [1.54, 1.807) is 28.4 Å². The highest BCUT2D eigenvalue weighted by atomic mass is 32.1. The van der Waals surface area contributed by atoms with E-state index in [-0.39, 0.29) is 17.9 Å². The number of benzene rings is 1. The molecule has 7 nitrogen and oxygen atoms in total. The maximum Gasteiger partial charge on any atom is 0.289 e. The van der Waals surface area contributed by atoms with Gasteiger partial charge < -0.3 is 14.2 Å². The molecule has 0 N–H and O–H groups in total. The summed E-state index contributed by atoms with van der Waals surface area (Å²) in [5.41, 5.74) is 1.04. The molecule has 162 valence electrons. The second kappa shape index (κ2) is 8.80. The number of carbonyl (C=O) groups is 2. The van der Waals surface area contributed by atoms with Crippen LogP contribution >= 0.6 is 11.3 Å². The first-order valence-corrected chi connectivity index (χ1v) is 11.7. The van der Waals surface area contributed by atoms with Crippen molar-refractivity contribution in [2.24, 2.45) is 0 Å². The molecule has 2 saturated heterocycles. The number of piperazine rings is 1. The van der Waals surface area contributed by atoms with E-state index in [1.807, 2.05) is 17.0 Å². The molecule has 4 heterocycles. The highest BCUT2D eigenvalue weighted by Crippen LogP contribution is 2.35. The van der Waals surface area contributed by atoms with E-state index in [9.17, 15) is 9.59 Å². The van der Waals surface area contributed by atoms with Crippen LogP contribution in [0.3, 0.4) is 0 Å². The third-order valence-corrected chi connectivity index (χ3v) is 7.34. The summed E-state index contributed by atoms with van der Waals surface area (Å²) in [6.45, 7) is 3.52. The van der Waals surface area contributed by atoms with Gasteiger partial charge in [0.25, 0.3) is 5.91 Å². The average Bonchev–Trinajstić information content (AvgIpc) is 3.49. The van der Waals surface area contributed by atoms with Gasteiger partial charge in [-0.2, -0.15) is 0 Å². The quantitative estimate of drug-likeness (QED) is 0.624. The van der Waals surface area contributed by atoms with Gasteiger partial charge in [-0.1, -0.05) is 18.6 Å². The number of aromatic nitrogens is 1. The first-order valence-electron chi connectivity index (χ1n) is 10.9. The van der Waals surface area contributed by atoms with Gasteiger partial charge in [-0.15, -0.1) is 11.3 Å². The molecule has 1 aromatic carbocycles. The Kier molecular flexibility index (Phi) is 5.74. The number of amides is 2. The van der Waals surface area contributed by atoms with Crippen molar-refractivity contribution in [1.29, 1.82) is 0 Å².